The van der Waals surface area contributed by atoms with E-state index in [0.717, 1.165) is 5.69 Å². The molecule has 0 aromatic carbocycles. The second kappa shape index (κ2) is 10.8. The summed E-state index contributed by atoms with van der Waals surface area (Å²) in [4.78, 5) is 29.8. The van der Waals surface area contributed by atoms with Crippen LogP contribution in [-0.2, 0) is 20.8 Å². The number of amides is 1. The lowest BCUT2D eigenvalue weighted by atomic mass is 10.1. The lowest BCUT2D eigenvalue weighted by Crippen LogP contribution is -2.19. The Bertz CT molecular complexity index is 931. The monoisotopic (exact) mass is 416 g/mol. The zero-order valence-corrected chi connectivity index (χ0v) is 18.7. The van der Waals surface area contributed by atoms with Crippen molar-refractivity contribution in [2.45, 2.75) is 40.7 Å². The normalized spacial score (nSPS) is 11.8. The van der Waals surface area contributed by atoms with Gasteiger partial charge in [0.1, 0.15) is 5.65 Å². The van der Waals surface area contributed by atoms with Gasteiger partial charge in [-0.2, -0.15) is 0 Å². The van der Waals surface area contributed by atoms with Crippen molar-refractivity contribution in [2.75, 3.05) is 38.0 Å². The summed E-state index contributed by atoms with van der Waals surface area (Å²) in [5, 5.41) is 6.91. The van der Waals surface area contributed by atoms with Crippen LogP contribution in [0.5, 0.6) is 0 Å². The van der Waals surface area contributed by atoms with Gasteiger partial charge in [0.15, 0.2) is 5.69 Å². The van der Waals surface area contributed by atoms with Crippen molar-refractivity contribution >= 4 is 34.3 Å². The molecule has 2 rings (SSSR count). The Balaban J connectivity index is 2.61. The third kappa shape index (κ3) is 5.60. The average Bonchev–Trinajstić information content (AvgIpc) is 3.01. The predicted octanol–water partition coefficient (Wildman–Crippen LogP) is 3.83. The molecule has 0 spiro atoms. The Labute approximate surface area is 177 Å². The highest BCUT2D eigenvalue weighted by atomic mass is 16.5. The van der Waals surface area contributed by atoms with Crippen LogP contribution in [0.4, 0.5) is 11.4 Å². The van der Waals surface area contributed by atoms with E-state index in [0.29, 0.717) is 42.8 Å². The Kier molecular flexibility index (Phi) is 8.41. The van der Waals surface area contributed by atoms with Crippen LogP contribution < -0.4 is 10.6 Å². The van der Waals surface area contributed by atoms with Gasteiger partial charge >= 0.3 is 5.97 Å². The average molecular weight is 417 g/mol. The highest BCUT2D eigenvalue weighted by Gasteiger charge is 2.26. The summed E-state index contributed by atoms with van der Waals surface area (Å²) in [7, 11) is 2.91. The highest BCUT2D eigenvalue weighted by Crippen LogP contribution is 2.33. The first-order chi connectivity index (χ1) is 14.3. The Morgan fingerprint density at radius 1 is 1.30 bits per heavy atom. The number of methoxy groups -OCH3 is 2. The van der Waals surface area contributed by atoms with E-state index in [9.17, 15) is 9.59 Å². The fourth-order valence-corrected chi connectivity index (χ4v) is 3.06. The number of carbonyl (C=O) groups excluding carboxylic acids is 2. The van der Waals surface area contributed by atoms with Crippen molar-refractivity contribution in [3.63, 3.8) is 0 Å². The lowest BCUT2D eigenvalue weighted by Gasteiger charge is -2.11. The van der Waals surface area contributed by atoms with Crippen LogP contribution in [0.25, 0.3) is 11.0 Å². The largest absolute Gasteiger partial charge is 0.464 e. The third-order valence-electron chi connectivity index (χ3n) is 4.72. The van der Waals surface area contributed by atoms with Gasteiger partial charge in [-0.05, 0) is 25.8 Å². The second-order valence-electron chi connectivity index (χ2n) is 7.59. The van der Waals surface area contributed by atoms with Gasteiger partial charge in [0, 0.05) is 32.0 Å². The Morgan fingerprint density at radius 3 is 2.63 bits per heavy atom. The number of nitrogens with one attached hydrogen (secondary N) is 2. The third-order valence-corrected chi connectivity index (χ3v) is 4.72. The molecule has 0 aliphatic carbocycles. The highest BCUT2D eigenvalue weighted by molar-refractivity contribution is 6.11. The van der Waals surface area contributed by atoms with E-state index in [4.69, 9.17) is 9.47 Å². The number of hydrogen-bond acceptors (Lipinski definition) is 6. The lowest BCUT2D eigenvalue weighted by molar-refractivity contribution is -0.116. The summed E-state index contributed by atoms with van der Waals surface area (Å²) < 4.78 is 11.9. The van der Waals surface area contributed by atoms with Gasteiger partial charge in [-0.1, -0.05) is 25.5 Å². The molecule has 0 fully saturated rings. The minimum Gasteiger partial charge on any atom is -0.464 e. The Hall–Kier alpha value is -2.87. The summed E-state index contributed by atoms with van der Waals surface area (Å²) in [6, 6.07) is 1.89. The molecule has 1 amide bonds. The van der Waals surface area contributed by atoms with E-state index in [2.05, 4.69) is 15.6 Å². The molecule has 2 aromatic rings. The van der Waals surface area contributed by atoms with Crippen LogP contribution in [0, 0.1) is 5.92 Å². The first-order valence-electron chi connectivity index (χ1n) is 10.1. The maximum Gasteiger partial charge on any atom is 0.356 e. The van der Waals surface area contributed by atoms with Gasteiger partial charge in [0.25, 0.3) is 0 Å². The molecule has 0 aliphatic heterocycles. The van der Waals surface area contributed by atoms with Gasteiger partial charge in [0.2, 0.25) is 5.91 Å². The van der Waals surface area contributed by atoms with Gasteiger partial charge in [-0.3, -0.25) is 4.79 Å². The number of nitrogens with zero attached hydrogens (tertiary/aromatic N) is 2. The second-order valence-corrected chi connectivity index (χ2v) is 7.59. The minimum atomic E-state index is -0.539. The van der Waals surface area contributed by atoms with Gasteiger partial charge in [-0.25, -0.2) is 9.78 Å². The maximum atomic E-state index is 12.6. The first kappa shape index (κ1) is 23.4. The smallest absolute Gasteiger partial charge is 0.356 e. The molecule has 0 atom stereocenters. The van der Waals surface area contributed by atoms with Crippen LogP contribution in [0.2, 0.25) is 0 Å². The quantitative estimate of drug-likeness (QED) is 0.451. The minimum absolute atomic E-state index is 0.163. The van der Waals surface area contributed by atoms with Crippen molar-refractivity contribution in [1.82, 2.24) is 9.55 Å². The fraction of sp³-hybridized carbons (Fsp3) is 0.500. The number of anilines is 2. The molecule has 0 radical (unpaired) electrons. The number of carbonyl (C=O) groups is 2. The molecule has 0 saturated carbocycles. The summed E-state index contributed by atoms with van der Waals surface area (Å²) in [5.41, 5.74) is 3.24. The van der Waals surface area contributed by atoms with Crippen LogP contribution in [0.3, 0.4) is 0 Å². The number of pyridine rings is 1. The van der Waals surface area contributed by atoms with E-state index in [1.54, 1.807) is 17.9 Å². The molecule has 8 nitrogen and oxygen atoms in total. The van der Waals surface area contributed by atoms with Gasteiger partial charge < -0.3 is 24.7 Å². The number of allylic oxidation sites excluding steroid dienone is 1. The van der Waals surface area contributed by atoms with Crippen molar-refractivity contribution in [2.24, 2.45) is 5.92 Å². The number of fused-ring (bicyclic) bond motifs is 1. The summed E-state index contributed by atoms with van der Waals surface area (Å²) in [6.07, 6.45) is 4.10. The molecule has 2 heterocycles. The topological polar surface area (TPSA) is 94.5 Å². The standard InChI is InChI=1S/C22H32N4O4/c1-7-15(4)12-23-16-11-17-19(25-18(27)10-14(2)3)20(22(28)30-6)26(8-9-29-5)21(17)24-13-16/h7,11,13-14,23H,8-10,12H2,1-6H3,(H,25,27)/b15-7+. The van der Waals surface area contributed by atoms with E-state index < -0.39 is 5.97 Å². The van der Waals surface area contributed by atoms with Crippen molar-refractivity contribution < 1.29 is 19.1 Å². The van der Waals surface area contributed by atoms with Gasteiger partial charge in [-0.15, -0.1) is 0 Å². The van der Waals surface area contributed by atoms with E-state index in [1.165, 1.54) is 12.7 Å². The molecule has 164 valence electrons. The van der Waals surface area contributed by atoms with E-state index in [1.807, 2.05) is 39.8 Å². The van der Waals surface area contributed by atoms with E-state index >= 15 is 0 Å². The van der Waals surface area contributed by atoms with Crippen LogP contribution in [0.15, 0.2) is 23.9 Å². The number of rotatable bonds is 10. The molecule has 30 heavy (non-hydrogen) atoms. The molecular weight excluding hydrogens is 384 g/mol. The molecule has 2 aromatic heterocycles. The maximum absolute atomic E-state index is 12.6. The Morgan fingerprint density at radius 2 is 2.03 bits per heavy atom. The van der Waals surface area contributed by atoms with Crippen LogP contribution in [-0.4, -0.2) is 48.8 Å². The summed E-state index contributed by atoms with van der Waals surface area (Å²) >= 11 is 0. The number of esters is 1. The van der Waals surface area contributed by atoms with Crippen molar-refractivity contribution in [3.05, 3.63) is 29.6 Å². The molecule has 0 unspecified atom stereocenters. The zero-order chi connectivity index (χ0) is 22.3. The van der Waals surface area contributed by atoms with Gasteiger partial charge in [0.05, 0.1) is 31.3 Å². The molecular formula is C22H32N4O4. The van der Waals surface area contributed by atoms with E-state index in [-0.39, 0.29) is 17.5 Å². The molecule has 0 bridgehead atoms. The van der Waals surface area contributed by atoms with Crippen molar-refractivity contribution in [1.29, 1.82) is 0 Å². The summed E-state index contributed by atoms with van der Waals surface area (Å²) in [5.74, 6) is -0.514. The van der Waals surface area contributed by atoms with Crippen molar-refractivity contribution in [3.8, 4) is 0 Å². The summed E-state index contributed by atoms with van der Waals surface area (Å²) in [6.45, 7) is 9.41. The molecule has 8 heteroatoms. The molecule has 0 aliphatic rings. The zero-order valence-electron chi connectivity index (χ0n) is 18.7. The molecule has 2 N–H and O–H groups in total. The first-order valence-corrected chi connectivity index (χ1v) is 10.1. The fourth-order valence-electron chi connectivity index (χ4n) is 3.06. The number of hydrogen-bond donors (Lipinski definition) is 2. The van der Waals surface area contributed by atoms with Crippen LogP contribution >= 0.6 is 0 Å². The number of aromatic nitrogens is 2. The van der Waals surface area contributed by atoms with Crippen LogP contribution in [0.1, 0.15) is 44.6 Å². The SMILES string of the molecule is C/C=C(\C)CNc1cnc2c(c1)c(NC(=O)CC(C)C)c(C(=O)OC)n2CCOC. The number of ether oxygens (including phenoxy) is 2. The predicted molar refractivity (Wildman–Crippen MR) is 119 cm³/mol. The molecule has 0 saturated heterocycles.